The van der Waals surface area contributed by atoms with Gasteiger partial charge in [0.15, 0.2) is 0 Å². The predicted octanol–water partition coefficient (Wildman–Crippen LogP) is 2.38. The lowest BCUT2D eigenvalue weighted by Crippen LogP contribution is -2.43. The van der Waals surface area contributed by atoms with E-state index in [1.807, 2.05) is 11.0 Å². The zero-order valence-electron chi connectivity index (χ0n) is 11.9. The van der Waals surface area contributed by atoms with Crippen LogP contribution in [-0.2, 0) is 4.79 Å². The maximum atomic E-state index is 12.3. The molecule has 1 aliphatic rings. The van der Waals surface area contributed by atoms with Crippen LogP contribution in [0.5, 0.6) is 0 Å². The van der Waals surface area contributed by atoms with E-state index in [4.69, 9.17) is 5.73 Å². The molecule has 1 aromatic rings. The molecular formula is C16H24N2O. The van der Waals surface area contributed by atoms with Gasteiger partial charge in [0, 0.05) is 19.0 Å². The number of hydrogen-bond donors (Lipinski definition) is 1. The van der Waals surface area contributed by atoms with Crippen LogP contribution in [0.3, 0.4) is 0 Å². The third-order valence-electron chi connectivity index (χ3n) is 3.81. The van der Waals surface area contributed by atoms with Gasteiger partial charge < -0.3 is 10.6 Å². The molecule has 1 heterocycles. The summed E-state index contributed by atoms with van der Waals surface area (Å²) in [4.78, 5) is 14.2. The van der Waals surface area contributed by atoms with E-state index >= 15 is 0 Å². The van der Waals surface area contributed by atoms with Gasteiger partial charge in [-0.1, -0.05) is 44.2 Å². The molecular weight excluding hydrogens is 236 g/mol. The highest BCUT2D eigenvalue weighted by Gasteiger charge is 2.30. The minimum absolute atomic E-state index is 0.118. The molecule has 0 spiro atoms. The number of carbonyl (C=O) groups excluding carboxylic acids is 1. The van der Waals surface area contributed by atoms with E-state index < -0.39 is 0 Å². The molecule has 1 saturated heterocycles. The standard InChI is InChI=1S/C16H24N2O/c1-12(2)10-15(17)16(19)18-9-8-14(11-18)13-6-4-3-5-7-13/h3-7,12,14-15H,8-11,17H2,1-2H3/t14?,15-/m1/s1. The van der Waals surface area contributed by atoms with E-state index in [1.165, 1.54) is 5.56 Å². The predicted molar refractivity (Wildman–Crippen MR) is 77.8 cm³/mol. The van der Waals surface area contributed by atoms with Crippen molar-refractivity contribution in [3.63, 3.8) is 0 Å². The largest absolute Gasteiger partial charge is 0.341 e. The van der Waals surface area contributed by atoms with Crippen LogP contribution >= 0.6 is 0 Å². The van der Waals surface area contributed by atoms with Gasteiger partial charge in [-0.15, -0.1) is 0 Å². The number of nitrogens with two attached hydrogens (primary N) is 1. The Hall–Kier alpha value is -1.35. The molecule has 1 fully saturated rings. The van der Waals surface area contributed by atoms with Gasteiger partial charge in [-0.25, -0.2) is 0 Å². The van der Waals surface area contributed by atoms with Gasteiger partial charge >= 0.3 is 0 Å². The van der Waals surface area contributed by atoms with E-state index in [9.17, 15) is 4.79 Å². The summed E-state index contributed by atoms with van der Waals surface area (Å²) in [7, 11) is 0. The van der Waals surface area contributed by atoms with Crippen LogP contribution in [-0.4, -0.2) is 29.9 Å². The molecule has 1 aromatic carbocycles. The summed E-state index contributed by atoms with van der Waals surface area (Å²) < 4.78 is 0. The Bertz CT molecular complexity index is 416. The zero-order chi connectivity index (χ0) is 13.8. The number of likely N-dealkylation sites (tertiary alicyclic amines) is 1. The number of benzene rings is 1. The molecule has 3 nitrogen and oxygen atoms in total. The monoisotopic (exact) mass is 260 g/mol. The Morgan fingerprint density at radius 3 is 2.68 bits per heavy atom. The highest BCUT2D eigenvalue weighted by atomic mass is 16.2. The summed E-state index contributed by atoms with van der Waals surface area (Å²) in [5, 5.41) is 0. The van der Waals surface area contributed by atoms with Gasteiger partial charge in [0.2, 0.25) is 5.91 Å². The Kier molecular flexibility index (Phi) is 4.59. The SMILES string of the molecule is CC(C)C[C@@H](N)C(=O)N1CCC(c2ccccc2)C1. The summed E-state index contributed by atoms with van der Waals surface area (Å²) in [6.07, 6.45) is 1.81. The molecule has 0 saturated carbocycles. The van der Waals surface area contributed by atoms with E-state index in [0.29, 0.717) is 11.8 Å². The summed E-state index contributed by atoms with van der Waals surface area (Å²) in [5.41, 5.74) is 7.32. The van der Waals surface area contributed by atoms with Crippen molar-refractivity contribution in [2.75, 3.05) is 13.1 Å². The first kappa shape index (κ1) is 14.1. The van der Waals surface area contributed by atoms with Crippen LogP contribution in [0.4, 0.5) is 0 Å². The van der Waals surface area contributed by atoms with Crippen molar-refractivity contribution in [2.45, 2.75) is 38.6 Å². The van der Waals surface area contributed by atoms with Crippen molar-refractivity contribution in [1.29, 1.82) is 0 Å². The van der Waals surface area contributed by atoms with Crippen molar-refractivity contribution in [2.24, 2.45) is 11.7 Å². The zero-order valence-corrected chi connectivity index (χ0v) is 11.9. The van der Waals surface area contributed by atoms with Crippen molar-refractivity contribution in [1.82, 2.24) is 4.90 Å². The third-order valence-corrected chi connectivity index (χ3v) is 3.81. The van der Waals surface area contributed by atoms with Gasteiger partial charge in [-0.3, -0.25) is 4.79 Å². The number of hydrogen-bond acceptors (Lipinski definition) is 2. The van der Waals surface area contributed by atoms with Crippen molar-refractivity contribution in [3.8, 4) is 0 Å². The molecule has 0 radical (unpaired) electrons. The van der Waals surface area contributed by atoms with Crippen LogP contribution < -0.4 is 5.73 Å². The normalized spacial score (nSPS) is 20.8. The maximum Gasteiger partial charge on any atom is 0.239 e. The van der Waals surface area contributed by atoms with Crippen molar-refractivity contribution >= 4 is 5.91 Å². The molecule has 104 valence electrons. The second-order valence-electron chi connectivity index (χ2n) is 5.92. The molecule has 2 atom stereocenters. The molecule has 0 bridgehead atoms. The van der Waals surface area contributed by atoms with Crippen molar-refractivity contribution < 1.29 is 4.79 Å². The van der Waals surface area contributed by atoms with Gasteiger partial charge in [-0.05, 0) is 24.3 Å². The van der Waals surface area contributed by atoms with Crippen LogP contribution in [0, 0.1) is 5.92 Å². The minimum atomic E-state index is -0.338. The van der Waals surface area contributed by atoms with Crippen LogP contribution in [0.2, 0.25) is 0 Å². The lowest BCUT2D eigenvalue weighted by atomic mass is 9.99. The molecule has 0 aliphatic carbocycles. The lowest BCUT2D eigenvalue weighted by molar-refractivity contribution is -0.131. The smallest absolute Gasteiger partial charge is 0.239 e. The van der Waals surface area contributed by atoms with Crippen LogP contribution in [0.25, 0.3) is 0 Å². The van der Waals surface area contributed by atoms with Crippen LogP contribution in [0.15, 0.2) is 30.3 Å². The molecule has 3 heteroatoms. The van der Waals surface area contributed by atoms with E-state index in [-0.39, 0.29) is 11.9 Å². The number of amides is 1. The van der Waals surface area contributed by atoms with E-state index in [0.717, 1.165) is 25.9 Å². The molecule has 2 N–H and O–H groups in total. The summed E-state index contributed by atoms with van der Waals surface area (Å²) >= 11 is 0. The van der Waals surface area contributed by atoms with Gasteiger partial charge in [0.25, 0.3) is 0 Å². The summed E-state index contributed by atoms with van der Waals surface area (Å²) in [5.74, 6) is 1.05. The molecule has 2 rings (SSSR count). The second kappa shape index (κ2) is 6.20. The first-order valence-electron chi connectivity index (χ1n) is 7.17. The number of nitrogens with zero attached hydrogens (tertiary/aromatic N) is 1. The summed E-state index contributed by atoms with van der Waals surface area (Å²) in [6, 6.07) is 10.1. The first-order valence-corrected chi connectivity index (χ1v) is 7.17. The summed E-state index contributed by atoms with van der Waals surface area (Å²) in [6.45, 7) is 5.85. The molecule has 19 heavy (non-hydrogen) atoms. The van der Waals surface area contributed by atoms with Gasteiger partial charge in [0.1, 0.15) is 0 Å². The maximum absolute atomic E-state index is 12.3. The third kappa shape index (κ3) is 3.57. The molecule has 1 aliphatic heterocycles. The Labute approximate surface area is 115 Å². The number of carbonyl (C=O) groups is 1. The lowest BCUT2D eigenvalue weighted by Gasteiger charge is -2.22. The highest BCUT2D eigenvalue weighted by molar-refractivity contribution is 5.82. The average molecular weight is 260 g/mol. The fourth-order valence-corrected chi connectivity index (χ4v) is 2.80. The minimum Gasteiger partial charge on any atom is -0.341 e. The Balaban J connectivity index is 1.93. The number of rotatable bonds is 4. The Morgan fingerprint density at radius 1 is 1.37 bits per heavy atom. The van der Waals surface area contributed by atoms with E-state index in [2.05, 4.69) is 38.1 Å². The molecule has 1 amide bonds. The molecule has 1 unspecified atom stereocenters. The fourth-order valence-electron chi connectivity index (χ4n) is 2.80. The van der Waals surface area contributed by atoms with Gasteiger partial charge in [0.05, 0.1) is 6.04 Å². The van der Waals surface area contributed by atoms with Crippen LogP contribution in [0.1, 0.15) is 38.2 Å². The van der Waals surface area contributed by atoms with Crippen molar-refractivity contribution in [3.05, 3.63) is 35.9 Å². The van der Waals surface area contributed by atoms with Gasteiger partial charge in [-0.2, -0.15) is 0 Å². The second-order valence-corrected chi connectivity index (χ2v) is 5.92. The Morgan fingerprint density at radius 2 is 2.05 bits per heavy atom. The fraction of sp³-hybridized carbons (Fsp3) is 0.562. The quantitative estimate of drug-likeness (QED) is 0.903. The average Bonchev–Trinajstić information content (AvgIpc) is 2.87. The highest BCUT2D eigenvalue weighted by Crippen LogP contribution is 2.27. The molecule has 0 aromatic heterocycles. The topological polar surface area (TPSA) is 46.3 Å². The van der Waals surface area contributed by atoms with E-state index in [1.54, 1.807) is 0 Å². The first-order chi connectivity index (χ1) is 9.08.